The first-order valence-electron chi connectivity index (χ1n) is 10.2. The number of carbonyl (C=O) groups is 3. The van der Waals surface area contributed by atoms with E-state index >= 15 is 0 Å². The van der Waals surface area contributed by atoms with Gasteiger partial charge in [-0.15, -0.1) is 0 Å². The summed E-state index contributed by atoms with van der Waals surface area (Å²) in [5, 5.41) is 12.8. The molecule has 0 aliphatic heterocycles. The third kappa shape index (κ3) is 4.94. The van der Waals surface area contributed by atoms with E-state index in [2.05, 4.69) is 5.32 Å². The van der Waals surface area contributed by atoms with Crippen molar-refractivity contribution in [2.75, 3.05) is 6.61 Å². The van der Waals surface area contributed by atoms with Gasteiger partial charge in [0.05, 0.1) is 0 Å². The molecular formula is C23H23F3N2O5. The van der Waals surface area contributed by atoms with Gasteiger partial charge in [-0.1, -0.05) is 48.5 Å². The van der Waals surface area contributed by atoms with E-state index in [1.54, 1.807) is 0 Å². The molecule has 1 aliphatic rings. The summed E-state index contributed by atoms with van der Waals surface area (Å²) in [4.78, 5) is 35.2. The van der Waals surface area contributed by atoms with E-state index < -0.39 is 42.1 Å². The highest BCUT2D eigenvalue weighted by Gasteiger charge is 2.58. The molecule has 0 heterocycles. The summed E-state index contributed by atoms with van der Waals surface area (Å²) in [5.74, 6) is -3.59. The van der Waals surface area contributed by atoms with Gasteiger partial charge in [-0.05, 0) is 36.1 Å². The minimum Gasteiger partial charge on any atom is -0.479 e. The first kappa shape index (κ1) is 24.1. The summed E-state index contributed by atoms with van der Waals surface area (Å²) < 4.78 is 44.4. The SMILES string of the molecule is C[C@H](CC(=O)NC(C)(C(=O)O)C(F)(F)F)NC(=O)OCC1c2ccccc2-c2ccccc21. The highest BCUT2D eigenvalue weighted by molar-refractivity contribution is 5.88. The van der Waals surface area contributed by atoms with Crippen LogP contribution < -0.4 is 10.6 Å². The molecule has 1 unspecified atom stereocenters. The van der Waals surface area contributed by atoms with Gasteiger partial charge in [0.15, 0.2) is 0 Å². The summed E-state index contributed by atoms with van der Waals surface area (Å²) in [5.41, 5.74) is 0.697. The van der Waals surface area contributed by atoms with Crippen LogP contribution in [0.3, 0.4) is 0 Å². The van der Waals surface area contributed by atoms with Crippen LogP contribution in [0.15, 0.2) is 48.5 Å². The van der Waals surface area contributed by atoms with Crippen molar-refractivity contribution in [2.24, 2.45) is 0 Å². The van der Waals surface area contributed by atoms with Crippen molar-refractivity contribution < 1.29 is 37.4 Å². The number of benzene rings is 2. The van der Waals surface area contributed by atoms with Crippen LogP contribution in [0.25, 0.3) is 11.1 Å². The molecule has 33 heavy (non-hydrogen) atoms. The van der Waals surface area contributed by atoms with Gasteiger partial charge in [-0.25, -0.2) is 9.59 Å². The number of carboxylic acid groups (broad SMARTS) is 1. The number of carboxylic acids is 1. The number of halogens is 3. The molecule has 1 aliphatic carbocycles. The zero-order valence-corrected chi connectivity index (χ0v) is 17.9. The lowest BCUT2D eigenvalue weighted by molar-refractivity contribution is -0.207. The number of ether oxygens (including phenoxy) is 1. The number of fused-ring (bicyclic) bond motifs is 3. The van der Waals surface area contributed by atoms with Crippen molar-refractivity contribution in [1.29, 1.82) is 0 Å². The topological polar surface area (TPSA) is 105 Å². The summed E-state index contributed by atoms with van der Waals surface area (Å²) in [6, 6.07) is 14.6. The molecule has 0 fully saturated rings. The van der Waals surface area contributed by atoms with Crippen LogP contribution in [-0.2, 0) is 14.3 Å². The monoisotopic (exact) mass is 464 g/mol. The number of amides is 2. The van der Waals surface area contributed by atoms with Crippen LogP contribution in [0.2, 0.25) is 0 Å². The Morgan fingerprint density at radius 1 is 1.03 bits per heavy atom. The van der Waals surface area contributed by atoms with E-state index in [4.69, 9.17) is 9.84 Å². The smallest absolute Gasteiger partial charge is 0.422 e. The van der Waals surface area contributed by atoms with E-state index in [0.717, 1.165) is 22.3 Å². The number of carbonyl (C=O) groups excluding carboxylic acids is 2. The molecule has 0 spiro atoms. The molecule has 3 rings (SSSR count). The molecule has 0 saturated heterocycles. The van der Waals surface area contributed by atoms with E-state index in [0.29, 0.717) is 6.92 Å². The van der Waals surface area contributed by atoms with E-state index in [9.17, 15) is 27.6 Å². The second kappa shape index (κ2) is 9.13. The molecule has 0 radical (unpaired) electrons. The molecule has 2 aromatic rings. The van der Waals surface area contributed by atoms with Crippen molar-refractivity contribution in [3.8, 4) is 11.1 Å². The number of aliphatic carboxylic acids is 1. The largest absolute Gasteiger partial charge is 0.479 e. The lowest BCUT2D eigenvalue weighted by Gasteiger charge is -2.29. The quantitative estimate of drug-likeness (QED) is 0.578. The van der Waals surface area contributed by atoms with Crippen LogP contribution in [0.5, 0.6) is 0 Å². The Bertz CT molecular complexity index is 1030. The zero-order valence-electron chi connectivity index (χ0n) is 17.9. The van der Waals surface area contributed by atoms with Crippen molar-refractivity contribution in [1.82, 2.24) is 10.6 Å². The normalized spacial score (nSPS) is 15.5. The summed E-state index contributed by atoms with van der Waals surface area (Å²) in [6.07, 6.45) is -6.60. The Morgan fingerprint density at radius 3 is 2.03 bits per heavy atom. The molecule has 2 atom stereocenters. The summed E-state index contributed by atoms with van der Waals surface area (Å²) >= 11 is 0. The maximum Gasteiger partial charge on any atom is 0.422 e. The van der Waals surface area contributed by atoms with Gasteiger partial charge in [0.25, 0.3) is 0 Å². The Hall–Kier alpha value is -3.56. The first-order valence-corrected chi connectivity index (χ1v) is 10.2. The van der Waals surface area contributed by atoms with Gasteiger partial charge in [0.2, 0.25) is 11.4 Å². The van der Waals surface area contributed by atoms with E-state index in [-0.39, 0.29) is 12.5 Å². The second-order valence-corrected chi connectivity index (χ2v) is 8.05. The number of rotatable bonds is 7. The summed E-state index contributed by atoms with van der Waals surface area (Å²) in [6.45, 7) is 1.79. The number of alkyl halides is 3. The average Bonchev–Trinajstić information content (AvgIpc) is 3.04. The molecule has 2 amide bonds. The fraction of sp³-hybridized carbons (Fsp3) is 0.348. The van der Waals surface area contributed by atoms with Crippen molar-refractivity contribution in [3.63, 3.8) is 0 Å². The highest BCUT2D eigenvalue weighted by atomic mass is 19.4. The van der Waals surface area contributed by atoms with Crippen LogP contribution in [0.1, 0.15) is 37.3 Å². The lowest BCUT2D eigenvalue weighted by atomic mass is 9.98. The summed E-state index contributed by atoms with van der Waals surface area (Å²) in [7, 11) is 0. The lowest BCUT2D eigenvalue weighted by Crippen LogP contribution is -2.62. The van der Waals surface area contributed by atoms with Gasteiger partial charge >= 0.3 is 18.2 Å². The van der Waals surface area contributed by atoms with Crippen LogP contribution in [0, 0.1) is 0 Å². The molecule has 10 heteroatoms. The first-order chi connectivity index (χ1) is 15.4. The van der Waals surface area contributed by atoms with Gasteiger partial charge in [0.1, 0.15) is 6.61 Å². The number of hydrogen-bond donors (Lipinski definition) is 3. The van der Waals surface area contributed by atoms with Crippen LogP contribution >= 0.6 is 0 Å². The van der Waals surface area contributed by atoms with Crippen molar-refractivity contribution in [2.45, 2.75) is 43.9 Å². The Kier molecular flexibility index (Phi) is 6.66. The van der Waals surface area contributed by atoms with Crippen LogP contribution in [-0.4, -0.2) is 47.4 Å². The predicted molar refractivity (Wildman–Crippen MR) is 113 cm³/mol. The van der Waals surface area contributed by atoms with Crippen LogP contribution in [0.4, 0.5) is 18.0 Å². The minimum absolute atomic E-state index is 0.0317. The molecular weight excluding hydrogens is 441 g/mol. The molecule has 176 valence electrons. The number of nitrogens with one attached hydrogen (secondary N) is 2. The second-order valence-electron chi connectivity index (χ2n) is 8.05. The molecule has 0 saturated carbocycles. The molecule has 7 nitrogen and oxygen atoms in total. The molecule has 2 aromatic carbocycles. The number of alkyl carbamates (subject to hydrolysis) is 1. The minimum atomic E-state index is -5.20. The molecule has 0 aromatic heterocycles. The Balaban J connectivity index is 1.56. The van der Waals surface area contributed by atoms with Gasteiger partial charge in [0, 0.05) is 18.4 Å². The number of hydrogen-bond acceptors (Lipinski definition) is 4. The standard InChI is InChI=1S/C23H23F3N2O5/c1-13(11-19(29)28-22(2,20(30)31)23(24,25)26)27-21(32)33-12-18-16-9-5-3-7-14(16)15-8-4-6-10-17(15)18/h3-10,13,18H,11-12H2,1-2H3,(H,27,32)(H,28,29)(H,30,31)/t13-,22?/m1/s1. The van der Waals surface area contributed by atoms with Gasteiger partial charge in [-0.2, -0.15) is 13.2 Å². The van der Waals surface area contributed by atoms with Gasteiger partial charge in [-0.3, -0.25) is 4.79 Å². The highest BCUT2D eigenvalue weighted by Crippen LogP contribution is 2.44. The third-order valence-corrected chi connectivity index (χ3v) is 5.58. The maximum atomic E-state index is 13.0. The fourth-order valence-electron chi connectivity index (χ4n) is 3.75. The van der Waals surface area contributed by atoms with Gasteiger partial charge < -0.3 is 20.5 Å². The zero-order chi connectivity index (χ0) is 24.4. The molecule has 3 N–H and O–H groups in total. The van der Waals surface area contributed by atoms with E-state index in [1.165, 1.54) is 12.2 Å². The Morgan fingerprint density at radius 2 is 1.55 bits per heavy atom. The Labute approximate surface area is 187 Å². The third-order valence-electron chi connectivity index (χ3n) is 5.58. The van der Waals surface area contributed by atoms with Crippen molar-refractivity contribution >= 4 is 18.0 Å². The molecule has 0 bridgehead atoms. The van der Waals surface area contributed by atoms with Crippen molar-refractivity contribution in [3.05, 3.63) is 59.7 Å². The maximum absolute atomic E-state index is 13.0. The van der Waals surface area contributed by atoms with E-state index in [1.807, 2.05) is 48.5 Å². The average molecular weight is 464 g/mol. The fourth-order valence-corrected chi connectivity index (χ4v) is 3.75. The predicted octanol–water partition coefficient (Wildman–Crippen LogP) is 3.83.